The molecule has 2 aromatic carbocycles. The van der Waals surface area contributed by atoms with Gasteiger partial charge in [0.25, 0.3) is 0 Å². The normalized spacial score (nSPS) is 13.3. The van der Waals surface area contributed by atoms with Crippen LogP contribution in [0.15, 0.2) is 60.7 Å². The Labute approximate surface area is 142 Å². The lowest BCUT2D eigenvalue weighted by atomic mass is 9.91. The average Bonchev–Trinajstić information content (AvgIpc) is 2.60. The summed E-state index contributed by atoms with van der Waals surface area (Å²) in [6.07, 6.45) is 0.461. The van der Waals surface area contributed by atoms with Crippen LogP contribution in [0.25, 0.3) is 0 Å². The number of halogens is 1. The number of amides is 1. The number of hydrogen-bond donors (Lipinski definition) is 1. The zero-order valence-electron chi connectivity index (χ0n) is 13.2. The van der Waals surface area contributed by atoms with Crippen molar-refractivity contribution in [1.29, 1.82) is 0 Å². The summed E-state index contributed by atoms with van der Waals surface area (Å²) in [4.78, 5) is 14.3. The van der Waals surface area contributed by atoms with Crippen LogP contribution in [0, 0.1) is 0 Å². The number of alkyl halides is 1. The van der Waals surface area contributed by atoms with E-state index in [2.05, 4.69) is 0 Å². The Morgan fingerprint density at radius 3 is 2.22 bits per heavy atom. The highest BCUT2D eigenvalue weighted by molar-refractivity contribution is 6.31. The average molecular weight is 332 g/mol. The van der Waals surface area contributed by atoms with Crippen molar-refractivity contribution in [1.82, 2.24) is 4.90 Å². The van der Waals surface area contributed by atoms with Crippen LogP contribution in [-0.2, 0) is 11.3 Å². The van der Waals surface area contributed by atoms with Crippen LogP contribution in [0.3, 0.4) is 0 Å². The third-order valence-corrected chi connectivity index (χ3v) is 4.39. The summed E-state index contributed by atoms with van der Waals surface area (Å²) in [5, 5.41) is 8.62. The molecule has 2 rings (SSSR count). The Morgan fingerprint density at radius 1 is 1.09 bits per heavy atom. The molecule has 0 aliphatic rings. The standard InChI is InChI=1S/C19H22ClNO2/c1-21(14-15-8-4-2-5-9-15)19(23)18(20)17(12-13-22)16-10-6-3-7-11-16/h2-11,17-18,22H,12-14H2,1H3. The van der Waals surface area contributed by atoms with Crippen molar-refractivity contribution in [2.24, 2.45) is 0 Å². The molecule has 1 amide bonds. The number of aliphatic hydroxyl groups is 1. The van der Waals surface area contributed by atoms with Crippen LogP contribution in [0.4, 0.5) is 0 Å². The second kappa shape index (κ2) is 8.70. The van der Waals surface area contributed by atoms with E-state index in [-0.39, 0.29) is 18.4 Å². The molecule has 2 unspecified atom stereocenters. The van der Waals surface area contributed by atoms with Crippen molar-refractivity contribution in [2.75, 3.05) is 13.7 Å². The second-order valence-electron chi connectivity index (χ2n) is 5.61. The van der Waals surface area contributed by atoms with Crippen molar-refractivity contribution >= 4 is 17.5 Å². The summed E-state index contributed by atoms with van der Waals surface area (Å²) in [7, 11) is 1.76. The summed E-state index contributed by atoms with van der Waals surface area (Å²) in [5.74, 6) is -0.327. The molecule has 0 spiro atoms. The van der Waals surface area contributed by atoms with E-state index in [1.165, 1.54) is 0 Å². The molecule has 0 fully saturated rings. The topological polar surface area (TPSA) is 40.5 Å². The molecular weight excluding hydrogens is 310 g/mol. The van der Waals surface area contributed by atoms with Gasteiger partial charge in [0.2, 0.25) is 5.91 Å². The maximum atomic E-state index is 12.6. The van der Waals surface area contributed by atoms with Gasteiger partial charge in [-0.15, -0.1) is 11.6 Å². The molecule has 1 N–H and O–H groups in total. The van der Waals surface area contributed by atoms with E-state index in [1.807, 2.05) is 60.7 Å². The number of benzene rings is 2. The summed E-state index contributed by atoms with van der Waals surface area (Å²) in [6, 6.07) is 19.5. The Hall–Kier alpha value is -1.84. The number of hydrogen-bond acceptors (Lipinski definition) is 2. The molecule has 23 heavy (non-hydrogen) atoms. The predicted molar refractivity (Wildman–Crippen MR) is 93.4 cm³/mol. The Kier molecular flexibility index (Phi) is 6.63. The Morgan fingerprint density at radius 2 is 1.65 bits per heavy atom. The lowest BCUT2D eigenvalue weighted by molar-refractivity contribution is -0.130. The molecule has 4 heteroatoms. The molecule has 122 valence electrons. The van der Waals surface area contributed by atoms with Crippen LogP contribution in [0.1, 0.15) is 23.5 Å². The lowest BCUT2D eigenvalue weighted by Crippen LogP contribution is -2.36. The van der Waals surface area contributed by atoms with E-state index in [0.717, 1.165) is 11.1 Å². The first-order chi connectivity index (χ1) is 11.1. The maximum Gasteiger partial charge on any atom is 0.241 e. The molecule has 0 aliphatic heterocycles. The molecule has 0 saturated heterocycles. The SMILES string of the molecule is CN(Cc1ccccc1)C(=O)C(Cl)C(CCO)c1ccccc1. The molecule has 2 aromatic rings. The minimum atomic E-state index is -0.696. The zero-order chi connectivity index (χ0) is 16.7. The van der Waals surface area contributed by atoms with Gasteiger partial charge in [0.1, 0.15) is 5.38 Å². The van der Waals surface area contributed by atoms with E-state index >= 15 is 0 Å². The molecule has 0 aliphatic carbocycles. The third-order valence-electron chi connectivity index (χ3n) is 3.90. The Balaban J connectivity index is 2.09. The largest absolute Gasteiger partial charge is 0.396 e. The highest BCUT2D eigenvalue weighted by atomic mass is 35.5. The van der Waals surface area contributed by atoms with Gasteiger partial charge in [0, 0.05) is 26.1 Å². The van der Waals surface area contributed by atoms with Crippen molar-refractivity contribution in [2.45, 2.75) is 24.3 Å². The van der Waals surface area contributed by atoms with Gasteiger partial charge in [-0.05, 0) is 17.5 Å². The van der Waals surface area contributed by atoms with E-state index in [9.17, 15) is 9.90 Å². The monoisotopic (exact) mass is 331 g/mol. The maximum absolute atomic E-state index is 12.6. The third kappa shape index (κ3) is 4.81. The summed E-state index contributed by atoms with van der Waals surface area (Å²) < 4.78 is 0. The Bertz CT molecular complexity index is 603. The van der Waals surface area contributed by atoms with Gasteiger partial charge >= 0.3 is 0 Å². The van der Waals surface area contributed by atoms with Crippen molar-refractivity contribution < 1.29 is 9.90 Å². The molecular formula is C19H22ClNO2. The number of carbonyl (C=O) groups is 1. The van der Waals surface area contributed by atoms with Gasteiger partial charge < -0.3 is 10.0 Å². The molecule has 0 heterocycles. The number of rotatable bonds is 7. The minimum absolute atomic E-state index is 0.00153. The van der Waals surface area contributed by atoms with Gasteiger partial charge in [-0.25, -0.2) is 0 Å². The number of nitrogens with zero attached hydrogens (tertiary/aromatic N) is 1. The summed E-state index contributed by atoms with van der Waals surface area (Å²) >= 11 is 6.47. The number of aliphatic hydroxyl groups excluding tert-OH is 1. The van der Waals surface area contributed by atoms with Crippen molar-refractivity contribution in [3.05, 3.63) is 71.8 Å². The molecule has 3 nitrogen and oxygen atoms in total. The predicted octanol–water partition coefficient (Wildman–Crippen LogP) is 3.42. The highest BCUT2D eigenvalue weighted by Gasteiger charge is 2.29. The van der Waals surface area contributed by atoms with Crippen LogP contribution >= 0.6 is 11.6 Å². The van der Waals surface area contributed by atoms with Crippen LogP contribution in [-0.4, -0.2) is 34.9 Å². The smallest absolute Gasteiger partial charge is 0.241 e. The number of carbonyl (C=O) groups excluding carboxylic acids is 1. The first kappa shape index (κ1) is 17.5. The van der Waals surface area contributed by atoms with Crippen molar-refractivity contribution in [3.63, 3.8) is 0 Å². The highest BCUT2D eigenvalue weighted by Crippen LogP contribution is 2.28. The quantitative estimate of drug-likeness (QED) is 0.790. The van der Waals surface area contributed by atoms with Crippen LogP contribution in [0.2, 0.25) is 0 Å². The first-order valence-electron chi connectivity index (χ1n) is 7.72. The van der Waals surface area contributed by atoms with Gasteiger partial charge in [0.15, 0.2) is 0 Å². The first-order valence-corrected chi connectivity index (χ1v) is 8.16. The summed E-state index contributed by atoms with van der Waals surface area (Å²) in [6.45, 7) is 0.516. The molecule has 0 radical (unpaired) electrons. The molecule has 0 aromatic heterocycles. The molecule has 2 atom stereocenters. The van der Waals surface area contributed by atoms with Crippen molar-refractivity contribution in [3.8, 4) is 0 Å². The fourth-order valence-corrected chi connectivity index (χ4v) is 3.08. The zero-order valence-corrected chi connectivity index (χ0v) is 14.0. The second-order valence-corrected chi connectivity index (χ2v) is 6.08. The molecule has 0 bridgehead atoms. The van der Waals surface area contributed by atoms with Gasteiger partial charge in [-0.2, -0.15) is 0 Å². The van der Waals surface area contributed by atoms with E-state index in [4.69, 9.17) is 11.6 Å². The fourth-order valence-electron chi connectivity index (χ4n) is 2.64. The van der Waals surface area contributed by atoms with Crippen LogP contribution < -0.4 is 0 Å². The van der Waals surface area contributed by atoms with Gasteiger partial charge in [-0.3, -0.25) is 4.79 Å². The van der Waals surface area contributed by atoms with Gasteiger partial charge in [0.05, 0.1) is 0 Å². The fraction of sp³-hybridized carbons (Fsp3) is 0.316. The minimum Gasteiger partial charge on any atom is -0.396 e. The molecule has 0 saturated carbocycles. The van der Waals surface area contributed by atoms with Crippen LogP contribution in [0.5, 0.6) is 0 Å². The summed E-state index contributed by atoms with van der Waals surface area (Å²) in [5.41, 5.74) is 2.04. The van der Waals surface area contributed by atoms with Gasteiger partial charge in [-0.1, -0.05) is 60.7 Å². The van der Waals surface area contributed by atoms with E-state index in [1.54, 1.807) is 11.9 Å². The van der Waals surface area contributed by atoms with E-state index in [0.29, 0.717) is 13.0 Å². The lowest BCUT2D eigenvalue weighted by Gasteiger charge is -2.26. The van der Waals surface area contributed by atoms with E-state index < -0.39 is 5.38 Å².